The summed E-state index contributed by atoms with van der Waals surface area (Å²) in [5.74, 6) is 2.03. The van der Waals surface area contributed by atoms with Gasteiger partial charge in [-0.25, -0.2) is 4.98 Å². The van der Waals surface area contributed by atoms with Gasteiger partial charge < -0.3 is 20.1 Å². The van der Waals surface area contributed by atoms with Crippen LogP contribution >= 0.6 is 11.6 Å². The van der Waals surface area contributed by atoms with Crippen molar-refractivity contribution in [3.63, 3.8) is 0 Å². The number of halogens is 1. The Morgan fingerprint density at radius 2 is 1.90 bits per heavy atom. The average molecular weight is 308 g/mol. The van der Waals surface area contributed by atoms with Crippen molar-refractivity contribution in [3.05, 3.63) is 35.5 Å². The molecule has 0 unspecified atom stereocenters. The van der Waals surface area contributed by atoms with Crippen molar-refractivity contribution in [3.8, 4) is 11.5 Å². The van der Waals surface area contributed by atoms with Gasteiger partial charge in [0.05, 0.1) is 24.9 Å². The van der Waals surface area contributed by atoms with Crippen LogP contribution in [0.3, 0.4) is 0 Å². The summed E-state index contributed by atoms with van der Waals surface area (Å²) in [5.41, 5.74) is 1.66. The number of hydrogen-bond acceptors (Lipinski definition) is 5. The van der Waals surface area contributed by atoms with E-state index in [1.165, 1.54) is 0 Å². The number of nitrogens with zero attached hydrogens (tertiary/aromatic N) is 1. The summed E-state index contributed by atoms with van der Waals surface area (Å²) in [7, 11) is 3.17. The topological polar surface area (TPSA) is 55.4 Å². The van der Waals surface area contributed by atoms with Gasteiger partial charge in [0.2, 0.25) is 0 Å². The Morgan fingerprint density at radius 3 is 2.57 bits per heavy atom. The molecule has 1 heterocycles. The van der Waals surface area contributed by atoms with Crippen molar-refractivity contribution in [2.45, 2.75) is 6.92 Å². The highest BCUT2D eigenvalue weighted by atomic mass is 35.5. The summed E-state index contributed by atoms with van der Waals surface area (Å²) in [6.07, 6.45) is 1.74. The van der Waals surface area contributed by atoms with Gasteiger partial charge in [-0.3, -0.25) is 0 Å². The maximum Gasteiger partial charge on any atom is 0.144 e. The van der Waals surface area contributed by atoms with Crippen molar-refractivity contribution in [1.29, 1.82) is 0 Å². The monoisotopic (exact) mass is 307 g/mol. The molecule has 0 saturated heterocycles. The molecule has 0 amide bonds. The summed E-state index contributed by atoms with van der Waals surface area (Å²) in [6.45, 7) is 2.84. The molecule has 0 radical (unpaired) electrons. The van der Waals surface area contributed by atoms with E-state index in [4.69, 9.17) is 21.1 Å². The summed E-state index contributed by atoms with van der Waals surface area (Å²) < 4.78 is 10.6. The molecular formula is C15H18ClN3O2. The summed E-state index contributed by atoms with van der Waals surface area (Å²) in [4.78, 5) is 4.23. The van der Waals surface area contributed by atoms with Gasteiger partial charge in [0.15, 0.2) is 0 Å². The molecular weight excluding hydrogens is 290 g/mol. The van der Waals surface area contributed by atoms with Crippen molar-refractivity contribution in [1.82, 2.24) is 4.98 Å². The lowest BCUT2D eigenvalue weighted by molar-refractivity contribution is 0.405. The van der Waals surface area contributed by atoms with Gasteiger partial charge in [-0.1, -0.05) is 11.6 Å². The Kier molecular flexibility index (Phi) is 5.11. The fraction of sp³-hybridized carbons (Fsp3) is 0.267. The Balaban J connectivity index is 2.31. The van der Waals surface area contributed by atoms with Gasteiger partial charge in [0, 0.05) is 36.6 Å². The van der Waals surface area contributed by atoms with Crippen LogP contribution in [-0.4, -0.2) is 25.7 Å². The molecule has 1 aromatic carbocycles. The second-order valence-corrected chi connectivity index (χ2v) is 4.68. The number of anilines is 3. The number of benzene rings is 1. The van der Waals surface area contributed by atoms with Crippen LogP contribution in [-0.2, 0) is 0 Å². The summed E-state index contributed by atoms with van der Waals surface area (Å²) >= 11 is 6.10. The van der Waals surface area contributed by atoms with Crippen molar-refractivity contribution >= 4 is 28.8 Å². The number of hydrogen-bond donors (Lipinski definition) is 2. The molecule has 1 aromatic heterocycles. The number of nitrogens with one attached hydrogen (secondary N) is 2. The largest absolute Gasteiger partial charge is 0.495 e. The highest BCUT2D eigenvalue weighted by Gasteiger charge is 2.10. The standard InChI is InChI=1S/C15H18ClN3O2/c1-4-17-15-7-10(5-6-18-15)19-12-9-13(20-2)11(16)8-14(12)21-3/h5-9H,4H2,1-3H3,(H2,17,18,19). The highest BCUT2D eigenvalue weighted by Crippen LogP contribution is 2.37. The third kappa shape index (κ3) is 3.70. The number of rotatable bonds is 6. The summed E-state index contributed by atoms with van der Waals surface area (Å²) in [6, 6.07) is 7.31. The molecule has 0 spiro atoms. The molecule has 2 N–H and O–H groups in total. The molecule has 112 valence electrons. The number of ether oxygens (including phenoxy) is 2. The van der Waals surface area contributed by atoms with Crippen molar-refractivity contribution < 1.29 is 9.47 Å². The predicted molar refractivity (Wildman–Crippen MR) is 86.2 cm³/mol. The number of aromatic nitrogens is 1. The van der Waals surface area contributed by atoms with E-state index in [9.17, 15) is 0 Å². The van der Waals surface area contributed by atoms with Crippen LogP contribution in [0.1, 0.15) is 6.92 Å². The Bertz CT molecular complexity index is 620. The Labute approximate surface area is 129 Å². The minimum Gasteiger partial charge on any atom is -0.495 e. The van der Waals surface area contributed by atoms with Gasteiger partial charge in [-0.15, -0.1) is 0 Å². The van der Waals surface area contributed by atoms with Gasteiger partial charge in [0.25, 0.3) is 0 Å². The third-order valence-corrected chi connectivity index (χ3v) is 3.17. The zero-order chi connectivity index (χ0) is 15.2. The van der Waals surface area contributed by atoms with E-state index in [1.54, 1.807) is 32.5 Å². The van der Waals surface area contributed by atoms with E-state index < -0.39 is 0 Å². The third-order valence-electron chi connectivity index (χ3n) is 2.87. The molecule has 2 aromatic rings. The van der Waals surface area contributed by atoms with Crippen LogP contribution in [0.5, 0.6) is 11.5 Å². The fourth-order valence-electron chi connectivity index (χ4n) is 1.90. The number of pyridine rings is 1. The minimum absolute atomic E-state index is 0.503. The quantitative estimate of drug-likeness (QED) is 0.847. The van der Waals surface area contributed by atoms with Crippen LogP contribution in [0, 0.1) is 0 Å². The zero-order valence-electron chi connectivity index (χ0n) is 12.2. The van der Waals surface area contributed by atoms with E-state index in [1.807, 2.05) is 19.1 Å². The molecule has 0 bridgehead atoms. The molecule has 6 heteroatoms. The lowest BCUT2D eigenvalue weighted by Gasteiger charge is -2.14. The van der Waals surface area contributed by atoms with Gasteiger partial charge in [-0.2, -0.15) is 0 Å². The van der Waals surface area contributed by atoms with E-state index in [2.05, 4.69) is 15.6 Å². The number of methoxy groups -OCH3 is 2. The lowest BCUT2D eigenvalue weighted by atomic mass is 10.2. The molecule has 21 heavy (non-hydrogen) atoms. The second-order valence-electron chi connectivity index (χ2n) is 4.27. The fourth-order valence-corrected chi connectivity index (χ4v) is 2.13. The van der Waals surface area contributed by atoms with Crippen LogP contribution < -0.4 is 20.1 Å². The normalized spacial score (nSPS) is 10.1. The van der Waals surface area contributed by atoms with Crippen molar-refractivity contribution in [2.75, 3.05) is 31.4 Å². The molecule has 0 fully saturated rings. The SMILES string of the molecule is CCNc1cc(Nc2cc(OC)c(Cl)cc2OC)ccn1. The van der Waals surface area contributed by atoms with E-state index in [0.717, 1.165) is 23.7 Å². The molecule has 0 aliphatic rings. The first-order chi connectivity index (χ1) is 10.2. The minimum atomic E-state index is 0.503. The lowest BCUT2D eigenvalue weighted by Crippen LogP contribution is -2.01. The van der Waals surface area contributed by atoms with Crippen molar-refractivity contribution in [2.24, 2.45) is 0 Å². The highest BCUT2D eigenvalue weighted by molar-refractivity contribution is 6.32. The summed E-state index contributed by atoms with van der Waals surface area (Å²) in [5, 5.41) is 6.95. The van der Waals surface area contributed by atoms with E-state index in [0.29, 0.717) is 16.5 Å². The molecule has 2 rings (SSSR count). The van der Waals surface area contributed by atoms with Crippen LogP contribution in [0.25, 0.3) is 0 Å². The van der Waals surface area contributed by atoms with Crippen LogP contribution in [0.15, 0.2) is 30.5 Å². The predicted octanol–water partition coefficient (Wildman–Crippen LogP) is 3.93. The molecule has 0 atom stereocenters. The molecule has 0 aliphatic carbocycles. The molecule has 5 nitrogen and oxygen atoms in total. The Hall–Kier alpha value is -2.14. The maximum absolute atomic E-state index is 6.10. The van der Waals surface area contributed by atoms with E-state index in [-0.39, 0.29) is 0 Å². The second kappa shape index (κ2) is 7.04. The maximum atomic E-state index is 6.10. The Morgan fingerprint density at radius 1 is 1.14 bits per heavy atom. The average Bonchev–Trinajstić information content (AvgIpc) is 2.49. The van der Waals surface area contributed by atoms with Crippen LogP contribution in [0.4, 0.5) is 17.2 Å². The molecule has 0 saturated carbocycles. The first-order valence-electron chi connectivity index (χ1n) is 6.56. The van der Waals surface area contributed by atoms with E-state index >= 15 is 0 Å². The van der Waals surface area contributed by atoms with Gasteiger partial charge in [0.1, 0.15) is 17.3 Å². The molecule has 0 aliphatic heterocycles. The smallest absolute Gasteiger partial charge is 0.144 e. The van der Waals surface area contributed by atoms with Crippen LogP contribution in [0.2, 0.25) is 5.02 Å². The van der Waals surface area contributed by atoms with Gasteiger partial charge >= 0.3 is 0 Å². The zero-order valence-corrected chi connectivity index (χ0v) is 13.0. The van der Waals surface area contributed by atoms with Gasteiger partial charge in [-0.05, 0) is 13.0 Å². The first kappa shape index (κ1) is 15.3. The first-order valence-corrected chi connectivity index (χ1v) is 6.94.